The van der Waals surface area contributed by atoms with Crippen LogP contribution in [0.5, 0.6) is 0 Å². The van der Waals surface area contributed by atoms with Gasteiger partial charge in [-0.2, -0.15) is 13.2 Å². The summed E-state index contributed by atoms with van der Waals surface area (Å²) >= 11 is 0. The summed E-state index contributed by atoms with van der Waals surface area (Å²) in [4.78, 5) is 3.57. The number of piperidine rings is 1. The van der Waals surface area contributed by atoms with Crippen molar-refractivity contribution in [1.82, 2.24) is 10.3 Å². The Morgan fingerprint density at radius 3 is 2.88 bits per heavy atom. The molecule has 2 nitrogen and oxygen atoms in total. The fourth-order valence-electron chi connectivity index (χ4n) is 2.27. The fourth-order valence-corrected chi connectivity index (χ4v) is 2.27. The first-order chi connectivity index (χ1) is 8.07. The summed E-state index contributed by atoms with van der Waals surface area (Å²) in [6, 6.07) is 1.48. The Morgan fingerprint density at radius 1 is 1.41 bits per heavy atom. The van der Waals surface area contributed by atoms with E-state index in [-0.39, 0.29) is 0 Å². The van der Waals surface area contributed by atoms with E-state index in [9.17, 15) is 13.2 Å². The van der Waals surface area contributed by atoms with E-state index in [1.54, 1.807) is 0 Å². The van der Waals surface area contributed by atoms with Crippen molar-refractivity contribution in [3.05, 3.63) is 29.6 Å². The van der Waals surface area contributed by atoms with Crippen LogP contribution in [0.15, 0.2) is 18.5 Å². The summed E-state index contributed by atoms with van der Waals surface area (Å²) in [5, 5.41) is 3.22. The number of halogens is 3. The molecule has 0 amide bonds. The molecule has 5 heteroatoms. The van der Waals surface area contributed by atoms with Crippen LogP contribution >= 0.6 is 0 Å². The molecule has 0 spiro atoms. The lowest BCUT2D eigenvalue weighted by Crippen LogP contribution is -2.31. The monoisotopic (exact) mass is 244 g/mol. The van der Waals surface area contributed by atoms with Gasteiger partial charge in [-0.3, -0.25) is 4.98 Å². The van der Waals surface area contributed by atoms with Crippen molar-refractivity contribution in [2.24, 2.45) is 5.92 Å². The molecule has 1 aliphatic heterocycles. The summed E-state index contributed by atoms with van der Waals surface area (Å²) in [5.41, 5.74) is -0.230. The number of pyridine rings is 1. The van der Waals surface area contributed by atoms with Crippen LogP contribution in [0, 0.1) is 5.92 Å². The van der Waals surface area contributed by atoms with Crippen molar-refractivity contribution >= 4 is 0 Å². The van der Waals surface area contributed by atoms with E-state index in [1.165, 1.54) is 12.3 Å². The van der Waals surface area contributed by atoms with Gasteiger partial charge in [-0.05, 0) is 49.9 Å². The molecule has 0 bridgehead atoms. The minimum atomic E-state index is -4.30. The summed E-state index contributed by atoms with van der Waals surface area (Å²) < 4.78 is 38.2. The molecule has 0 aromatic carbocycles. The summed E-state index contributed by atoms with van der Waals surface area (Å²) in [6.45, 7) is 1.78. The average molecular weight is 244 g/mol. The SMILES string of the molecule is FC(F)(F)c1cnccc1CC1CCCNC1. The third kappa shape index (κ3) is 3.19. The van der Waals surface area contributed by atoms with Crippen molar-refractivity contribution in [2.45, 2.75) is 25.4 Å². The van der Waals surface area contributed by atoms with Crippen molar-refractivity contribution in [1.29, 1.82) is 0 Å². The zero-order chi connectivity index (χ0) is 12.3. The van der Waals surface area contributed by atoms with Gasteiger partial charge in [0, 0.05) is 12.4 Å². The molecular formula is C12H15F3N2. The molecule has 0 radical (unpaired) electrons. The molecule has 2 rings (SSSR count). The fraction of sp³-hybridized carbons (Fsp3) is 0.583. The van der Waals surface area contributed by atoms with Crippen molar-refractivity contribution in [3.63, 3.8) is 0 Å². The Labute approximate surface area is 98.2 Å². The van der Waals surface area contributed by atoms with E-state index in [0.29, 0.717) is 17.9 Å². The number of hydrogen-bond donors (Lipinski definition) is 1. The predicted octanol–water partition coefficient (Wildman–Crippen LogP) is 2.64. The van der Waals surface area contributed by atoms with Crippen molar-refractivity contribution in [2.75, 3.05) is 13.1 Å². The minimum absolute atomic E-state index is 0.298. The summed E-state index contributed by atoms with van der Waals surface area (Å²) in [7, 11) is 0. The van der Waals surface area contributed by atoms with Crippen molar-refractivity contribution < 1.29 is 13.2 Å². The highest BCUT2D eigenvalue weighted by Gasteiger charge is 2.34. The second-order valence-corrected chi connectivity index (χ2v) is 4.45. The molecule has 0 saturated carbocycles. The number of nitrogens with zero attached hydrogens (tertiary/aromatic N) is 1. The Hall–Kier alpha value is -1.10. The zero-order valence-electron chi connectivity index (χ0n) is 9.43. The molecular weight excluding hydrogens is 229 g/mol. The number of nitrogens with one attached hydrogen (secondary N) is 1. The first-order valence-corrected chi connectivity index (χ1v) is 5.78. The van der Waals surface area contributed by atoms with Gasteiger partial charge in [-0.1, -0.05) is 0 Å². The molecule has 1 aromatic rings. The van der Waals surface area contributed by atoms with Crippen LogP contribution in [0.25, 0.3) is 0 Å². The van der Waals surface area contributed by atoms with E-state index in [1.807, 2.05) is 0 Å². The normalized spacial score (nSPS) is 21.5. The third-order valence-electron chi connectivity index (χ3n) is 3.12. The van der Waals surface area contributed by atoms with Gasteiger partial charge in [-0.15, -0.1) is 0 Å². The Bertz CT molecular complexity index is 370. The topological polar surface area (TPSA) is 24.9 Å². The molecule has 17 heavy (non-hydrogen) atoms. The molecule has 0 aliphatic carbocycles. The molecule has 1 aliphatic rings. The van der Waals surface area contributed by atoms with E-state index >= 15 is 0 Å². The third-order valence-corrected chi connectivity index (χ3v) is 3.12. The van der Waals surface area contributed by atoms with Gasteiger partial charge in [0.2, 0.25) is 0 Å². The molecule has 2 heterocycles. The Balaban J connectivity index is 2.14. The number of alkyl halides is 3. The van der Waals surface area contributed by atoms with E-state index in [4.69, 9.17) is 0 Å². The lowest BCUT2D eigenvalue weighted by molar-refractivity contribution is -0.138. The van der Waals surface area contributed by atoms with Gasteiger partial charge in [0.25, 0.3) is 0 Å². The van der Waals surface area contributed by atoms with Crippen LogP contribution in [0.4, 0.5) is 13.2 Å². The van der Waals surface area contributed by atoms with Gasteiger partial charge in [-0.25, -0.2) is 0 Å². The van der Waals surface area contributed by atoms with Gasteiger partial charge in [0.1, 0.15) is 0 Å². The van der Waals surface area contributed by atoms with E-state index in [2.05, 4.69) is 10.3 Å². The Kier molecular flexibility index (Phi) is 3.66. The van der Waals surface area contributed by atoms with E-state index in [0.717, 1.165) is 32.1 Å². The summed E-state index contributed by atoms with van der Waals surface area (Å²) in [5.74, 6) is 0.298. The van der Waals surface area contributed by atoms with Crippen LogP contribution in [-0.4, -0.2) is 18.1 Å². The lowest BCUT2D eigenvalue weighted by Gasteiger charge is -2.23. The average Bonchev–Trinajstić information content (AvgIpc) is 2.30. The second kappa shape index (κ2) is 5.04. The maximum Gasteiger partial charge on any atom is 0.418 e. The first-order valence-electron chi connectivity index (χ1n) is 5.78. The number of aromatic nitrogens is 1. The van der Waals surface area contributed by atoms with Gasteiger partial charge >= 0.3 is 6.18 Å². The van der Waals surface area contributed by atoms with Crippen LogP contribution in [-0.2, 0) is 12.6 Å². The smallest absolute Gasteiger partial charge is 0.316 e. The van der Waals surface area contributed by atoms with Crippen LogP contribution in [0.3, 0.4) is 0 Å². The highest BCUT2D eigenvalue weighted by molar-refractivity contribution is 5.26. The molecule has 1 atom stereocenters. The van der Waals surface area contributed by atoms with E-state index < -0.39 is 11.7 Å². The standard InChI is InChI=1S/C12H15F3N2/c13-12(14,15)11-8-17-5-3-10(11)6-9-2-1-4-16-7-9/h3,5,8-9,16H,1-2,4,6-7H2. The highest BCUT2D eigenvalue weighted by Crippen LogP contribution is 2.32. The van der Waals surface area contributed by atoms with Crippen LogP contribution in [0.1, 0.15) is 24.0 Å². The predicted molar refractivity (Wildman–Crippen MR) is 58.5 cm³/mol. The molecule has 94 valence electrons. The largest absolute Gasteiger partial charge is 0.418 e. The van der Waals surface area contributed by atoms with Gasteiger partial charge in [0.15, 0.2) is 0 Å². The van der Waals surface area contributed by atoms with Crippen LogP contribution in [0.2, 0.25) is 0 Å². The number of hydrogen-bond acceptors (Lipinski definition) is 2. The minimum Gasteiger partial charge on any atom is -0.316 e. The number of rotatable bonds is 2. The van der Waals surface area contributed by atoms with Gasteiger partial charge in [0.05, 0.1) is 5.56 Å². The molecule has 1 saturated heterocycles. The quantitative estimate of drug-likeness (QED) is 0.865. The Morgan fingerprint density at radius 2 is 2.24 bits per heavy atom. The zero-order valence-corrected chi connectivity index (χ0v) is 9.43. The molecule has 1 N–H and O–H groups in total. The van der Waals surface area contributed by atoms with Gasteiger partial charge < -0.3 is 5.32 Å². The summed E-state index contributed by atoms with van der Waals surface area (Å²) in [6.07, 6.45) is 0.562. The molecule has 1 aromatic heterocycles. The maximum absolute atomic E-state index is 12.7. The first kappa shape index (κ1) is 12.4. The molecule has 1 fully saturated rings. The molecule has 1 unspecified atom stereocenters. The van der Waals surface area contributed by atoms with Crippen LogP contribution < -0.4 is 5.32 Å². The highest BCUT2D eigenvalue weighted by atomic mass is 19.4. The maximum atomic E-state index is 12.7. The van der Waals surface area contributed by atoms with Crippen molar-refractivity contribution in [3.8, 4) is 0 Å². The lowest BCUT2D eigenvalue weighted by atomic mass is 9.91. The second-order valence-electron chi connectivity index (χ2n) is 4.45.